The Hall–Kier alpha value is -2.56. The van der Waals surface area contributed by atoms with E-state index in [1.165, 1.54) is 28.2 Å². The van der Waals surface area contributed by atoms with Crippen LogP contribution >= 0.6 is 0 Å². The zero-order chi connectivity index (χ0) is 20.7. The highest BCUT2D eigenvalue weighted by atomic mass is 16.7. The molecule has 1 saturated heterocycles. The van der Waals surface area contributed by atoms with Crippen LogP contribution in [0.4, 0.5) is 11.4 Å². The van der Waals surface area contributed by atoms with Crippen molar-refractivity contribution in [3.8, 4) is 0 Å². The van der Waals surface area contributed by atoms with Crippen molar-refractivity contribution in [1.29, 1.82) is 0 Å². The summed E-state index contributed by atoms with van der Waals surface area (Å²) in [5.74, 6) is 0.647. The van der Waals surface area contributed by atoms with Gasteiger partial charge in [-0.1, -0.05) is 48.6 Å². The lowest BCUT2D eigenvalue weighted by molar-refractivity contribution is 0.00578. The second-order valence-electron chi connectivity index (χ2n) is 9.69. The summed E-state index contributed by atoms with van der Waals surface area (Å²) >= 11 is 0. The first kappa shape index (κ1) is 18.2. The molecule has 150 valence electrons. The Bertz CT molecular complexity index is 1110. The van der Waals surface area contributed by atoms with Crippen molar-refractivity contribution in [1.82, 2.24) is 0 Å². The van der Waals surface area contributed by atoms with Gasteiger partial charge < -0.3 is 14.2 Å². The topological polar surface area (TPSA) is 21.7 Å². The predicted octanol–water partition coefficient (Wildman–Crippen LogP) is 6.02. The average molecular weight is 395 g/mol. The number of nitrogens with zero attached hydrogens (tertiary/aromatic N) is 1. The lowest BCUT2D eigenvalue weighted by Gasteiger charge is -2.32. The van der Waals surface area contributed by atoms with Crippen LogP contribution in [0.1, 0.15) is 44.7 Å². The Kier molecular flexibility index (Phi) is 3.64. The summed E-state index contributed by atoms with van der Waals surface area (Å²) in [5, 5.41) is 0. The highest BCUT2D eigenvalue weighted by Crippen LogP contribution is 2.57. The molecule has 0 bridgehead atoms. The molecule has 0 amide bonds. The van der Waals surface area contributed by atoms with Gasteiger partial charge in [-0.3, -0.25) is 0 Å². The highest BCUT2D eigenvalue weighted by Gasteiger charge is 2.53. The fraction of sp³-hybridized carbons (Fsp3) is 0.308. The molecule has 30 heavy (non-hydrogen) atoms. The fourth-order valence-electron chi connectivity index (χ4n) is 5.13. The highest BCUT2D eigenvalue weighted by molar-refractivity contribution is 6.55. The molecule has 6 rings (SSSR count). The van der Waals surface area contributed by atoms with Crippen LogP contribution in [-0.4, -0.2) is 18.3 Å². The smallest absolute Gasteiger partial charge is 0.399 e. The third kappa shape index (κ3) is 2.41. The van der Waals surface area contributed by atoms with Crippen molar-refractivity contribution in [2.24, 2.45) is 5.92 Å². The first-order valence-corrected chi connectivity index (χ1v) is 10.8. The molecule has 0 radical (unpaired) electrons. The lowest BCUT2D eigenvalue weighted by Crippen LogP contribution is -2.41. The molecule has 2 atom stereocenters. The first-order chi connectivity index (χ1) is 14.4. The standard InChI is InChI=1S/C26H26BNO2/c1-25(2)26(3,4)30-27(29-25)19-15-18-14-13-17-9-8-12-21-23(17)24(18)22(16-19)28(21)20-10-6-5-7-11-20/h5-16,18,24H,1-4H3. The molecule has 2 aromatic carbocycles. The Morgan fingerprint density at radius 3 is 2.37 bits per heavy atom. The summed E-state index contributed by atoms with van der Waals surface area (Å²) in [4.78, 5) is 2.42. The van der Waals surface area contributed by atoms with Gasteiger partial charge in [-0.25, -0.2) is 0 Å². The number of hydrogen-bond donors (Lipinski definition) is 0. The number of hydrogen-bond acceptors (Lipinski definition) is 3. The number of anilines is 2. The van der Waals surface area contributed by atoms with Gasteiger partial charge >= 0.3 is 7.12 Å². The van der Waals surface area contributed by atoms with Crippen LogP contribution in [-0.2, 0) is 9.31 Å². The zero-order valence-corrected chi connectivity index (χ0v) is 17.9. The SMILES string of the molecule is CC1(C)OB(C2=CC3C=Cc4cccc5c4C3C(=C2)N5c2ccccc2)OC1(C)C. The minimum atomic E-state index is -0.348. The second kappa shape index (κ2) is 5.99. The van der Waals surface area contributed by atoms with Crippen LogP contribution in [0.15, 0.2) is 77.9 Å². The predicted molar refractivity (Wildman–Crippen MR) is 123 cm³/mol. The normalized spacial score (nSPS) is 27.1. The van der Waals surface area contributed by atoms with Gasteiger partial charge in [0.05, 0.1) is 16.9 Å². The molecule has 4 aliphatic rings. The van der Waals surface area contributed by atoms with Crippen molar-refractivity contribution in [2.75, 3.05) is 4.90 Å². The Balaban J connectivity index is 1.50. The summed E-state index contributed by atoms with van der Waals surface area (Å²) < 4.78 is 12.8. The summed E-state index contributed by atoms with van der Waals surface area (Å²) in [7, 11) is -0.348. The van der Waals surface area contributed by atoms with Crippen molar-refractivity contribution >= 4 is 24.6 Å². The fourth-order valence-corrected chi connectivity index (χ4v) is 5.13. The van der Waals surface area contributed by atoms with Gasteiger partial charge in [-0.15, -0.1) is 0 Å². The van der Waals surface area contributed by atoms with E-state index in [4.69, 9.17) is 9.31 Å². The maximum atomic E-state index is 6.40. The molecule has 3 nitrogen and oxygen atoms in total. The van der Waals surface area contributed by atoms with Gasteiger partial charge in [0.1, 0.15) is 0 Å². The van der Waals surface area contributed by atoms with Crippen molar-refractivity contribution in [3.05, 3.63) is 89.1 Å². The summed E-state index contributed by atoms with van der Waals surface area (Å²) in [6.45, 7) is 8.45. The Morgan fingerprint density at radius 1 is 0.900 bits per heavy atom. The van der Waals surface area contributed by atoms with Gasteiger partial charge in [0.25, 0.3) is 0 Å². The molecule has 2 aromatic rings. The van der Waals surface area contributed by atoms with E-state index in [1.807, 2.05) is 0 Å². The molecule has 2 aliphatic carbocycles. The molecule has 4 heteroatoms. The van der Waals surface area contributed by atoms with Crippen LogP contribution in [0.5, 0.6) is 0 Å². The summed E-state index contributed by atoms with van der Waals surface area (Å²) in [6.07, 6.45) is 9.26. The van der Waals surface area contributed by atoms with Crippen molar-refractivity contribution < 1.29 is 9.31 Å². The number of rotatable bonds is 2. The second-order valence-corrected chi connectivity index (χ2v) is 9.69. The number of para-hydroxylation sites is 1. The van der Waals surface area contributed by atoms with E-state index in [-0.39, 0.29) is 18.3 Å². The molecule has 0 spiro atoms. The average Bonchev–Trinajstić information content (AvgIpc) is 3.18. The molecule has 0 aromatic heterocycles. The van der Waals surface area contributed by atoms with Gasteiger partial charge in [0, 0.05) is 23.2 Å². The van der Waals surface area contributed by atoms with Gasteiger partial charge in [0.2, 0.25) is 0 Å². The molecule has 0 saturated carbocycles. The van der Waals surface area contributed by atoms with E-state index in [0.717, 1.165) is 5.47 Å². The van der Waals surface area contributed by atoms with E-state index in [2.05, 4.69) is 105 Å². The van der Waals surface area contributed by atoms with Gasteiger partial charge in [0.15, 0.2) is 0 Å². The van der Waals surface area contributed by atoms with Crippen molar-refractivity contribution in [2.45, 2.75) is 44.8 Å². The minimum absolute atomic E-state index is 0.307. The van der Waals surface area contributed by atoms with Gasteiger partial charge in [-0.05, 0) is 68.6 Å². The van der Waals surface area contributed by atoms with E-state index >= 15 is 0 Å². The maximum absolute atomic E-state index is 6.40. The zero-order valence-electron chi connectivity index (χ0n) is 17.9. The van der Waals surface area contributed by atoms with Crippen LogP contribution < -0.4 is 4.90 Å². The van der Waals surface area contributed by atoms with Crippen LogP contribution in [0.25, 0.3) is 6.08 Å². The van der Waals surface area contributed by atoms with Crippen LogP contribution in [0.2, 0.25) is 0 Å². The number of benzene rings is 2. The van der Waals surface area contributed by atoms with Crippen molar-refractivity contribution in [3.63, 3.8) is 0 Å². The van der Waals surface area contributed by atoms with Crippen LogP contribution in [0, 0.1) is 5.92 Å². The lowest BCUT2D eigenvalue weighted by atomic mass is 9.68. The molecule has 2 aliphatic heterocycles. The van der Waals surface area contributed by atoms with E-state index in [1.54, 1.807) is 0 Å². The molecule has 0 N–H and O–H groups in total. The van der Waals surface area contributed by atoms with E-state index < -0.39 is 0 Å². The van der Waals surface area contributed by atoms with Gasteiger partial charge in [-0.2, -0.15) is 0 Å². The molecule has 2 heterocycles. The van der Waals surface area contributed by atoms with Crippen LogP contribution in [0.3, 0.4) is 0 Å². The molecular weight excluding hydrogens is 369 g/mol. The maximum Gasteiger partial charge on any atom is 0.494 e. The number of allylic oxidation sites excluding steroid dienone is 5. The quantitative estimate of drug-likeness (QED) is 0.581. The minimum Gasteiger partial charge on any atom is -0.399 e. The summed E-state index contributed by atoms with van der Waals surface area (Å²) in [5.41, 5.74) is 6.97. The molecule has 1 fully saturated rings. The largest absolute Gasteiger partial charge is 0.494 e. The third-order valence-corrected chi connectivity index (χ3v) is 7.37. The Labute approximate surface area is 178 Å². The molecular formula is C26H26BNO2. The third-order valence-electron chi connectivity index (χ3n) is 7.37. The summed E-state index contributed by atoms with van der Waals surface area (Å²) in [6, 6.07) is 17.3. The molecule has 2 unspecified atom stereocenters. The Morgan fingerprint density at radius 2 is 1.63 bits per heavy atom. The van der Waals surface area contributed by atoms with E-state index in [0.29, 0.717) is 11.8 Å². The first-order valence-electron chi connectivity index (χ1n) is 10.8. The monoisotopic (exact) mass is 395 g/mol. The van der Waals surface area contributed by atoms with E-state index in [9.17, 15) is 0 Å².